The van der Waals surface area contributed by atoms with Crippen LogP contribution in [0.4, 0.5) is 5.69 Å². The minimum absolute atomic E-state index is 0.105. The number of hydrogen-bond donors (Lipinski definition) is 2. The van der Waals surface area contributed by atoms with E-state index in [1.165, 1.54) is 0 Å². The van der Waals surface area contributed by atoms with Crippen molar-refractivity contribution in [1.82, 2.24) is 10.3 Å². The molecule has 29 heavy (non-hydrogen) atoms. The first-order valence-electron chi connectivity index (χ1n) is 9.18. The van der Waals surface area contributed by atoms with Crippen LogP contribution < -0.4 is 10.6 Å². The van der Waals surface area contributed by atoms with Gasteiger partial charge < -0.3 is 10.6 Å². The monoisotopic (exact) mass is 401 g/mol. The molecular formula is C23H19N3O2S. The fourth-order valence-electron chi connectivity index (χ4n) is 3.05. The van der Waals surface area contributed by atoms with Gasteiger partial charge in [-0.05, 0) is 42.0 Å². The molecule has 6 heteroatoms. The first-order chi connectivity index (χ1) is 14.1. The summed E-state index contributed by atoms with van der Waals surface area (Å²) in [5, 5.41) is 10.5. The van der Waals surface area contributed by atoms with Gasteiger partial charge in [-0.15, -0.1) is 11.3 Å². The van der Waals surface area contributed by atoms with Gasteiger partial charge in [-0.25, -0.2) is 4.98 Å². The Morgan fingerprint density at radius 3 is 2.59 bits per heavy atom. The Bertz CT molecular complexity index is 1200. The summed E-state index contributed by atoms with van der Waals surface area (Å²) in [4.78, 5) is 29.1. The highest BCUT2D eigenvalue weighted by Gasteiger charge is 2.10. The van der Waals surface area contributed by atoms with Gasteiger partial charge in [0, 0.05) is 22.2 Å². The molecule has 0 spiro atoms. The molecule has 0 saturated heterocycles. The summed E-state index contributed by atoms with van der Waals surface area (Å²) in [6.07, 6.45) is 0. The first kappa shape index (κ1) is 18.8. The average Bonchev–Trinajstić information content (AvgIpc) is 3.18. The summed E-state index contributed by atoms with van der Waals surface area (Å²) in [5.41, 5.74) is 3.01. The van der Waals surface area contributed by atoms with Crippen molar-refractivity contribution in [2.24, 2.45) is 0 Å². The van der Waals surface area contributed by atoms with Crippen molar-refractivity contribution in [3.63, 3.8) is 0 Å². The van der Waals surface area contributed by atoms with E-state index >= 15 is 0 Å². The van der Waals surface area contributed by atoms with Gasteiger partial charge in [0.2, 0.25) is 5.91 Å². The Morgan fingerprint density at radius 2 is 1.79 bits per heavy atom. The zero-order valence-electron chi connectivity index (χ0n) is 15.8. The molecule has 0 bridgehead atoms. The Labute approximate surface area is 172 Å². The predicted molar refractivity (Wildman–Crippen MR) is 117 cm³/mol. The van der Waals surface area contributed by atoms with Crippen LogP contribution in [0.3, 0.4) is 0 Å². The fraction of sp³-hybridized carbons (Fsp3) is 0.0870. The van der Waals surface area contributed by atoms with E-state index < -0.39 is 0 Å². The molecule has 0 unspecified atom stereocenters. The molecular weight excluding hydrogens is 382 g/mol. The topological polar surface area (TPSA) is 71.1 Å². The van der Waals surface area contributed by atoms with E-state index in [1.54, 1.807) is 17.4 Å². The minimum atomic E-state index is -0.286. The van der Waals surface area contributed by atoms with Crippen molar-refractivity contribution in [3.05, 3.63) is 82.7 Å². The maximum Gasteiger partial charge on any atom is 0.251 e. The molecule has 0 aliphatic carbocycles. The molecule has 1 heterocycles. The number of benzene rings is 3. The zero-order chi connectivity index (χ0) is 20.2. The van der Waals surface area contributed by atoms with Gasteiger partial charge in [0.1, 0.15) is 0 Å². The van der Waals surface area contributed by atoms with Crippen LogP contribution in [0.15, 0.2) is 72.1 Å². The summed E-state index contributed by atoms with van der Waals surface area (Å²) in [6.45, 7) is 1.85. The van der Waals surface area contributed by atoms with Crippen LogP contribution in [0.5, 0.6) is 0 Å². The highest BCUT2D eigenvalue weighted by atomic mass is 32.1. The number of aryl methyl sites for hydroxylation is 1. The summed E-state index contributed by atoms with van der Waals surface area (Å²) in [5.74, 6) is -0.566. The number of anilines is 1. The molecule has 0 saturated carbocycles. The lowest BCUT2D eigenvalue weighted by Crippen LogP contribution is -2.32. The number of carbonyl (C=O) groups is 2. The third kappa shape index (κ3) is 4.50. The molecule has 4 rings (SSSR count). The van der Waals surface area contributed by atoms with Gasteiger partial charge in [0.05, 0.1) is 17.2 Å². The summed E-state index contributed by atoms with van der Waals surface area (Å²) in [6, 6.07) is 20.8. The number of nitrogens with zero attached hydrogens (tertiary/aromatic N) is 1. The van der Waals surface area contributed by atoms with Crippen LogP contribution in [0.2, 0.25) is 0 Å². The van der Waals surface area contributed by atoms with Crippen molar-refractivity contribution in [2.45, 2.75) is 6.92 Å². The summed E-state index contributed by atoms with van der Waals surface area (Å²) < 4.78 is 0. The predicted octanol–water partition coefficient (Wildman–Crippen LogP) is 4.64. The minimum Gasteiger partial charge on any atom is -0.343 e. The largest absolute Gasteiger partial charge is 0.343 e. The maximum absolute atomic E-state index is 12.4. The van der Waals surface area contributed by atoms with E-state index in [2.05, 4.69) is 15.6 Å². The number of carbonyl (C=O) groups excluding carboxylic acids is 2. The second-order valence-electron chi connectivity index (χ2n) is 6.63. The van der Waals surface area contributed by atoms with Crippen molar-refractivity contribution in [1.29, 1.82) is 0 Å². The van der Waals surface area contributed by atoms with Crippen molar-refractivity contribution < 1.29 is 9.59 Å². The standard InChI is InChI=1S/C23H19N3O2S/c1-15-25-21(14-29-15)18-7-4-8-20(12-18)26-22(27)13-24-23(28)19-10-9-16-5-2-3-6-17(16)11-19/h2-12,14H,13H2,1H3,(H,24,28)(H,26,27). The Kier molecular flexibility index (Phi) is 5.35. The lowest BCUT2D eigenvalue weighted by atomic mass is 10.1. The number of aromatic nitrogens is 1. The third-order valence-corrected chi connectivity index (χ3v) is 5.26. The fourth-order valence-corrected chi connectivity index (χ4v) is 3.67. The van der Waals surface area contributed by atoms with E-state index in [0.29, 0.717) is 11.3 Å². The van der Waals surface area contributed by atoms with Crippen LogP contribution in [0.1, 0.15) is 15.4 Å². The second kappa shape index (κ2) is 8.24. The number of hydrogen-bond acceptors (Lipinski definition) is 4. The van der Waals surface area contributed by atoms with Gasteiger partial charge in [0.15, 0.2) is 0 Å². The highest BCUT2D eigenvalue weighted by molar-refractivity contribution is 7.09. The Morgan fingerprint density at radius 1 is 0.966 bits per heavy atom. The summed E-state index contributed by atoms with van der Waals surface area (Å²) in [7, 11) is 0. The molecule has 3 aromatic carbocycles. The Hall–Kier alpha value is -3.51. The number of rotatable bonds is 5. The van der Waals surface area contributed by atoms with Crippen LogP contribution >= 0.6 is 11.3 Å². The van der Waals surface area contributed by atoms with Gasteiger partial charge in [0.25, 0.3) is 5.91 Å². The second-order valence-corrected chi connectivity index (χ2v) is 7.69. The molecule has 0 fully saturated rings. The summed E-state index contributed by atoms with van der Waals surface area (Å²) >= 11 is 1.58. The smallest absolute Gasteiger partial charge is 0.251 e. The van der Waals surface area contributed by atoms with Crippen LogP contribution in [0.25, 0.3) is 22.0 Å². The molecule has 0 atom stereocenters. The highest BCUT2D eigenvalue weighted by Crippen LogP contribution is 2.24. The van der Waals surface area contributed by atoms with Gasteiger partial charge in [-0.3, -0.25) is 9.59 Å². The SMILES string of the molecule is Cc1nc(-c2cccc(NC(=O)CNC(=O)c3ccc4ccccc4c3)c2)cs1. The van der Waals surface area contributed by atoms with Crippen LogP contribution in [0, 0.1) is 6.92 Å². The number of fused-ring (bicyclic) bond motifs is 1. The number of nitrogens with one attached hydrogen (secondary N) is 2. The molecule has 5 nitrogen and oxygen atoms in total. The third-order valence-electron chi connectivity index (χ3n) is 4.48. The van der Waals surface area contributed by atoms with Gasteiger partial charge in [-0.1, -0.05) is 42.5 Å². The van der Waals surface area contributed by atoms with Gasteiger partial charge in [-0.2, -0.15) is 0 Å². The average molecular weight is 401 g/mol. The molecule has 144 valence electrons. The first-order valence-corrected chi connectivity index (χ1v) is 10.1. The quantitative estimate of drug-likeness (QED) is 0.512. The molecule has 0 aliphatic heterocycles. The molecule has 2 amide bonds. The van der Waals surface area contributed by atoms with Crippen molar-refractivity contribution in [2.75, 3.05) is 11.9 Å². The zero-order valence-corrected chi connectivity index (χ0v) is 16.6. The molecule has 0 aliphatic rings. The number of thiazole rings is 1. The molecule has 4 aromatic rings. The van der Waals surface area contributed by atoms with E-state index in [4.69, 9.17) is 0 Å². The molecule has 1 aromatic heterocycles. The van der Waals surface area contributed by atoms with E-state index in [1.807, 2.05) is 73.0 Å². The Balaban J connectivity index is 1.37. The van der Waals surface area contributed by atoms with E-state index in [-0.39, 0.29) is 18.4 Å². The lowest BCUT2D eigenvalue weighted by molar-refractivity contribution is -0.115. The molecule has 0 radical (unpaired) electrons. The van der Waals surface area contributed by atoms with Gasteiger partial charge >= 0.3 is 0 Å². The number of amides is 2. The lowest BCUT2D eigenvalue weighted by Gasteiger charge is -2.09. The van der Waals surface area contributed by atoms with Crippen LogP contribution in [-0.4, -0.2) is 23.3 Å². The molecule has 2 N–H and O–H groups in total. The van der Waals surface area contributed by atoms with E-state index in [9.17, 15) is 9.59 Å². The van der Waals surface area contributed by atoms with Crippen molar-refractivity contribution >= 4 is 39.6 Å². The van der Waals surface area contributed by atoms with E-state index in [0.717, 1.165) is 27.0 Å². The van der Waals surface area contributed by atoms with Crippen LogP contribution in [-0.2, 0) is 4.79 Å². The van der Waals surface area contributed by atoms with Crippen molar-refractivity contribution in [3.8, 4) is 11.3 Å². The normalized spacial score (nSPS) is 10.7. The maximum atomic E-state index is 12.4.